The van der Waals surface area contributed by atoms with Crippen LogP contribution < -0.4 is 0 Å². The maximum absolute atomic E-state index is 11.7. The molecule has 0 fully saturated rings. The molecule has 0 spiro atoms. The largest absolute Gasteiger partial charge is 0.396 e. The van der Waals surface area contributed by atoms with E-state index in [0.717, 1.165) is 0 Å². The number of rotatable bonds is 7. The Labute approximate surface area is 72.6 Å². The molecule has 0 bridgehead atoms. The molecule has 0 saturated heterocycles. The van der Waals surface area contributed by atoms with Crippen LogP contribution in [0.5, 0.6) is 0 Å². The molecule has 0 aliphatic heterocycles. The van der Waals surface area contributed by atoms with Gasteiger partial charge in [-0.3, -0.25) is 0 Å². The summed E-state index contributed by atoms with van der Waals surface area (Å²) in [6, 6.07) is 0. The van der Waals surface area contributed by atoms with Gasteiger partial charge >= 0.3 is 0 Å². The van der Waals surface area contributed by atoms with Crippen LogP contribution in [0.1, 0.15) is 6.42 Å². The minimum Gasteiger partial charge on any atom is -0.396 e. The van der Waals surface area contributed by atoms with E-state index in [2.05, 4.69) is 0 Å². The quantitative estimate of drug-likeness (QED) is 0.489. The average Bonchev–Trinajstić information content (AvgIpc) is 2.02. The lowest BCUT2D eigenvalue weighted by molar-refractivity contribution is 0.293. The van der Waals surface area contributed by atoms with Crippen molar-refractivity contribution >= 4 is 7.14 Å². The molecule has 0 saturated carbocycles. The molecule has 12 heavy (non-hydrogen) atoms. The molecule has 5 heteroatoms. The molecule has 0 unspecified atom stereocenters. The van der Waals surface area contributed by atoms with E-state index in [1.54, 1.807) is 0 Å². The van der Waals surface area contributed by atoms with Gasteiger partial charge in [-0.05, 0) is 6.42 Å². The van der Waals surface area contributed by atoms with Gasteiger partial charge in [-0.15, -0.1) is 0 Å². The van der Waals surface area contributed by atoms with Crippen LogP contribution >= 0.6 is 7.14 Å². The first-order valence-electron chi connectivity index (χ1n) is 4.08. The Balaban J connectivity index is 3.90. The zero-order chi connectivity index (χ0) is 9.45. The first-order valence-corrected chi connectivity index (χ1v) is 6.34. The first-order chi connectivity index (χ1) is 5.68. The van der Waals surface area contributed by atoms with E-state index in [-0.39, 0.29) is 32.1 Å². The summed E-state index contributed by atoms with van der Waals surface area (Å²) in [7, 11) is -2.40. The topological polar surface area (TPSA) is 77.8 Å². The van der Waals surface area contributed by atoms with Gasteiger partial charge < -0.3 is 19.9 Å². The van der Waals surface area contributed by atoms with Crippen LogP contribution in [0.15, 0.2) is 0 Å². The normalized spacial score (nSPS) is 11.9. The first kappa shape index (κ1) is 12.1. The summed E-state index contributed by atoms with van der Waals surface area (Å²) < 4.78 is 11.7. The third kappa shape index (κ3) is 4.88. The molecule has 4 nitrogen and oxygen atoms in total. The number of aliphatic hydroxyl groups is 3. The third-order valence-electron chi connectivity index (χ3n) is 1.74. The SMILES string of the molecule is O=P(CCO)(CCO)CCCO. The van der Waals surface area contributed by atoms with E-state index < -0.39 is 7.14 Å². The van der Waals surface area contributed by atoms with Crippen molar-refractivity contribution in [2.24, 2.45) is 0 Å². The highest BCUT2D eigenvalue weighted by molar-refractivity contribution is 7.63. The molecular weight excluding hydrogens is 179 g/mol. The molecule has 0 atom stereocenters. The van der Waals surface area contributed by atoms with Gasteiger partial charge in [-0.1, -0.05) is 0 Å². The van der Waals surface area contributed by atoms with Gasteiger partial charge in [0.25, 0.3) is 0 Å². The predicted octanol–water partition coefficient (Wildman–Crippen LogP) is -0.284. The zero-order valence-electron chi connectivity index (χ0n) is 7.15. The molecular formula is C7H17O4P. The second-order valence-corrected chi connectivity index (χ2v) is 6.21. The number of hydrogen-bond acceptors (Lipinski definition) is 4. The van der Waals surface area contributed by atoms with Crippen molar-refractivity contribution in [1.82, 2.24) is 0 Å². The molecule has 0 aromatic carbocycles. The highest BCUT2D eigenvalue weighted by Gasteiger charge is 2.19. The molecule has 3 N–H and O–H groups in total. The molecule has 0 rings (SSSR count). The maximum atomic E-state index is 11.7. The van der Waals surface area contributed by atoms with Gasteiger partial charge in [0.15, 0.2) is 0 Å². The van der Waals surface area contributed by atoms with E-state index in [1.807, 2.05) is 0 Å². The van der Waals surface area contributed by atoms with Gasteiger partial charge in [0.2, 0.25) is 0 Å². The van der Waals surface area contributed by atoms with Crippen LogP contribution in [0.2, 0.25) is 0 Å². The zero-order valence-corrected chi connectivity index (χ0v) is 8.04. The van der Waals surface area contributed by atoms with E-state index in [1.165, 1.54) is 0 Å². The van der Waals surface area contributed by atoms with Crippen LogP contribution in [0.4, 0.5) is 0 Å². The van der Waals surface area contributed by atoms with Gasteiger partial charge in [-0.25, -0.2) is 0 Å². The number of hydrogen-bond donors (Lipinski definition) is 3. The van der Waals surface area contributed by atoms with E-state index in [0.29, 0.717) is 12.6 Å². The van der Waals surface area contributed by atoms with Crippen molar-refractivity contribution in [3.63, 3.8) is 0 Å². The Morgan fingerprint density at radius 2 is 1.33 bits per heavy atom. The molecule has 0 aromatic rings. The summed E-state index contributed by atoms with van der Waals surface area (Å²) in [6.07, 6.45) is 1.42. The Hall–Kier alpha value is 0.110. The van der Waals surface area contributed by atoms with E-state index in [9.17, 15) is 4.57 Å². The van der Waals surface area contributed by atoms with Crippen LogP contribution in [0, 0.1) is 0 Å². The van der Waals surface area contributed by atoms with Crippen molar-refractivity contribution in [1.29, 1.82) is 0 Å². The van der Waals surface area contributed by atoms with Crippen LogP contribution in [-0.2, 0) is 4.57 Å². The average molecular weight is 196 g/mol. The minimum absolute atomic E-state index is 0.0147. The molecule has 0 heterocycles. The lowest BCUT2D eigenvalue weighted by Crippen LogP contribution is -2.07. The maximum Gasteiger partial charge on any atom is 0.0923 e. The summed E-state index contributed by atoms with van der Waals surface area (Å²) in [5.74, 6) is 0. The van der Waals surface area contributed by atoms with Crippen molar-refractivity contribution in [3.8, 4) is 0 Å². The fraction of sp³-hybridized carbons (Fsp3) is 1.00. The smallest absolute Gasteiger partial charge is 0.0923 e. The van der Waals surface area contributed by atoms with Crippen LogP contribution in [0.3, 0.4) is 0 Å². The van der Waals surface area contributed by atoms with Crippen molar-refractivity contribution in [2.45, 2.75) is 6.42 Å². The highest BCUT2D eigenvalue weighted by Crippen LogP contribution is 2.44. The molecule has 0 aliphatic rings. The van der Waals surface area contributed by atoms with Gasteiger partial charge in [0.1, 0.15) is 0 Å². The fourth-order valence-electron chi connectivity index (χ4n) is 1.06. The summed E-state index contributed by atoms with van der Waals surface area (Å²) >= 11 is 0. The second kappa shape index (κ2) is 6.61. The van der Waals surface area contributed by atoms with Crippen molar-refractivity contribution in [3.05, 3.63) is 0 Å². The molecule has 0 aromatic heterocycles. The van der Waals surface area contributed by atoms with E-state index in [4.69, 9.17) is 15.3 Å². The van der Waals surface area contributed by atoms with Crippen LogP contribution in [0.25, 0.3) is 0 Å². The molecule has 0 radical (unpaired) electrons. The lowest BCUT2D eigenvalue weighted by Gasteiger charge is -2.14. The van der Waals surface area contributed by atoms with Crippen molar-refractivity contribution in [2.75, 3.05) is 38.3 Å². The Kier molecular flexibility index (Phi) is 6.67. The Morgan fingerprint density at radius 1 is 0.833 bits per heavy atom. The lowest BCUT2D eigenvalue weighted by atomic mass is 10.5. The minimum atomic E-state index is -2.40. The summed E-state index contributed by atoms with van der Waals surface area (Å²) in [4.78, 5) is 0. The molecule has 74 valence electrons. The summed E-state index contributed by atoms with van der Waals surface area (Å²) in [5, 5.41) is 25.7. The third-order valence-corrected chi connectivity index (χ3v) is 4.90. The fourth-order valence-corrected chi connectivity index (χ4v) is 3.18. The summed E-state index contributed by atoms with van der Waals surface area (Å²) in [6.45, 7) is -0.202. The Morgan fingerprint density at radius 3 is 1.67 bits per heavy atom. The highest BCUT2D eigenvalue weighted by atomic mass is 31.2. The molecule has 0 amide bonds. The van der Waals surface area contributed by atoms with Gasteiger partial charge in [0, 0.05) is 38.3 Å². The van der Waals surface area contributed by atoms with Gasteiger partial charge in [0.05, 0.1) is 7.14 Å². The van der Waals surface area contributed by atoms with E-state index >= 15 is 0 Å². The number of aliphatic hydroxyl groups excluding tert-OH is 3. The van der Waals surface area contributed by atoms with Crippen LogP contribution in [-0.4, -0.2) is 53.6 Å². The summed E-state index contributed by atoms with van der Waals surface area (Å²) in [5.41, 5.74) is 0. The monoisotopic (exact) mass is 196 g/mol. The molecule has 0 aliphatic carbocycles. The predicted molar refractivity (Wildman–Crippen MR) is 48.1 cm³/mol. The Bertz CT molecular complexity index is 138. The van der Waals surface area contributed by atoms with Gasteiger partial charge in [-0.2, -0.15) is 0 Å². The standard InChI is InChI=1S/C7H17O4P/c8-2-1-5-12(11,6-3-9)7-4-10/h8-10H,1-7H2. The van der Waals surface area contributed by atoms with Crippen molar-refractivity contribution < 1.29 is 19.9 Å². The second-order valence-electron chi connectivity index (χ2n) is 2.75.